The molecular formula is C12H14ClNO4. The Kier molecular flexibility index (Phi) is 3.73. The van der Waals surface area contributed by atoms with Gasteiger partial charge in [0.15, 0.2) is 11.5 Å². The molecule has 0 aliphatic carbocycles. The fourth-order valence-electron chi connectivity index (χ4n) is 2.40. The number of aryl methyl sites for hydroxylation is 1. The molecule has 1 aromatic heterocycles. The fraction of sp³-hybridized carbons (Fsp3) is 0.500. The van der Waals surface area contributed by atoms with Gasteiger partial charge < -0.3 is 14.4 Å². The van der Waals surface area contributed by atoms with E-state index < -0.39 is 0 Å². The molecule has 1 aliphatic rings. The normalized spacial score (nSPS) is 17.6. The number of nitrogens with zero attached hydrogens (tertiary/aromatic N) is 1. The van der Waals surface area contributed by atoms with Crippen LogP contribution >= 0.6 is 11.6 Å². The SMILES string of the molecule is COc1c(C(=O)CCl)n2c(cc1=O)CCC2CO. The summed E-state index contributed by atoms with van der Waals surface area (Å²) in [6.07, 6.45) is 1.36. The van der Waals surface area contributed by atoms with Crippen molar-refractivity contribution in [3.05, 3.63) is 27.7 Å². The van der Waals surface area contributed by atoms with Gasteiger partial charge in [-0.1, -0.05) is 0 Å². The Morgan fingerprint density at radius 1 is 1.67 bits per heavy atom. The van der Waals surface area contributed by atoms with Gasteiger partial charge in [-0.2, -0.15) is 0 Å². The van der Waals surface area contributed by atoms with Crippen molar-refractivity contribution in [3.63, 3.8) is 0 Å². The van der Waals surface area contributed by atoms with Gasteiger partial charge in [-0.05, 0) is 12.8 Å². The Labute approximate surface area is 109 Å². The van der Waals surface area contributed by atoms with Crippen LogP contribution in [0.2, 0.25) is 0 Å². The minimum atomic E-state index is -0.368. The molecule has 98 valence electrons. The van der Waals surface area contributed by atoms with Crippen LogP contribution in [0.5, 0.6) is 5.75 Å². The summed E-state index contributed by atoms with van der Waals surface area (Å²) in [4.78, 5) is 23.8. The number of methoxy groups -OCH3 is 1. The zero-order chi connectivity index (χ0) is 13.3. The zero-order valence-electron chi connectivity index (χ0n) is 9.98. The van der Waals surface area contributed by atoms with Gasteiger partial charge in [-0.25, -0.2) is 0 Å². The highest BCUT2D eigenvalue weighted by molar-refractivity contribution is 6.30. The quantitative estimate of drug-likeness (QED) is 0.648. The lowest BCUT2D eigenvalue weighted by molar-refractivity contribution is 0.0998. The molecule has 0 fully saturated rings. The second-order valence-corrected chi connectivity index (χ2v) is 4.45. The third-order valence-corrected chi connectivity index (χ3v) is 3.43. The molecule has 0 saturated carbocycles. The Hall–Kier alpha value is -1.33. The lowest BCUT2D eigenvalue weighted by Gasteiger charge is -2.19. The van der Waals surface area contributed by atoms with Crippen molar-refractivity contribution in [1.82, 2.24) is 4.57 Å². The van der Waals surface area contributed by atoms with Crippen molar-refractivity contribution >= 4 is 17.4 Å². The molecule has 0 radical (unpaired) electrons. The van der Waals surface area contributed by atoms with Gasteiger partial charge in [0, 0.05) is 11.8 Å². The van der Waals surface area contributed by atoms with Crippen molar-refractivity contribution in [3.8, 4) is 5.75 Å². The first-order valence-corrected chi connectivity index (χ1v) is 6.19. The third-order valence-electron chi connectivity index (χ3n) is 3.19. The number of aliphatic hydroxyl groups excluding tert-OH is 1. The van der Waals surface area contributed by atoms with Crippen LogP contribution in [-0.4, -0.2) is 35.1 Å². The molecule has 0 bridgehead atoms. The van der Waals surface area contributed by atoms with Crippen LogP contribution in [0.4, 0.5) is 0 Å². The van der Waals surface area contributed by atoms with E-state index in [4.69, 9.17) is 16.3 Å². The molecule has 0 amide bonds. The number of ether oxygens (including phenoxy) is 1. The van der Waals surface area contributed by atoms with Crippen molar-refractivity contribution in [2.24, 2.45) is 0 Å². The predicted octanol–water partition coefficient (Wildman–Crippen LogP) is 0.758. The topological polar surface area (TPSA) is 68.5 Å². The zero-order valence-corrected chi connectivity index (χ0v) is 10.7. The Morgan fingerprint density at radius 2 is 2.39 bits per heavy atom. The van der Waals surface area contributed by atoms with E-state index in [9.17, 15) is 14.7 Å². The molecule has 1 aromatic rings. The number of hydrogen-bond acceptors (Lipinski definition) is 4. The number of fused-ring (bicyclic) bond motifs is 1. The molecule has 6 heteroatoms. The van der Waals surface area contributed by atoms with Crippen molar-refractivity contribution in [1.29, 1.82) is 0 Å². The largest absolute Gasteiger partial charge is 0.491 e. The molecule has 1 aliphatic heterocycles. The van der Waals surface area contributed by atoms with Crippen molar-refractivity contribution in [2.45, 2.75) is 18.9 Å². The summed E-state index contributed by atoms with van der Waals surface area (Å²) in [7, 11) is 1.34. The molecule has 2 heterocycles. The van der Waals surface area contributed by atoms with Crippen LogP contribution in [0.15, 0.2) is 10.9 Å². The summed E-state index contributed by atoms with van der Waals surface area (Å²) in [6, 6.07) is 1.26. The maximum absolute atomic E-state index is 11.9. The van der Waals surface area contributed by atoms with Gasteiger partial charge >= 0.3 is 0 Å². The van der Waals surface area contributed by atoms with E-state index in [2.05, 4.69) is 0 Å². The summed E-state index contributed by atoms with van der Waals surface area (Å²) >= 11 is 5.58. The van der Waals surface area contributed by atoms with Crippen LogP contribution in [0.1, 0.15) is 28.6 Å². The number of ketones is 1. The molecule has 1 atom stereocenters. The van der Waals surface area contributed by atoms with Gasteiger partial charge in [0.05, 0.1) is 25.6 Å². The lowest BCUT2D eigenvalue weighted by Crippen LogP contribution is -2.24. The highest BCUT2D eigenvalue weighted by Crippen LogP contribution is 2.30. The summed E-state index contributed by atoms with van der Waals surface area (Å²) in [6.45, 7) is -0.0818. The van der Waals surface area contributed by atoms with Crippen LogP contribution in [0.3, 0.4) is 0 Å². The molecular weight excluding hydrogens is 258 g/mol. The van der Waals surface area contributed by atoms with Crippen LogP contribution in [0, 0.1) is 0 Å². The number of alkyl halides is 1. The number of aliphatic hydroxyl groups is 1. The van der Waals surface area contributed by atoms with E-state index in [-0.39, 0.29) is 41.2 Å². The molecule has 5 nitrogen and oxygen atoms in total. The van der Waals surface area contributed by atoms with Gasteiger partial charge in [0.2, 0.25) is 5.43 Å². The number of pyridine rings is 1. The van der Waals surface area contributed by atoms with Gasteiger partial charge in [0.25, 0.3) is 0 Å². The summed E-state index contributed by atoms with van der Waals surface area (Å²) in [5.41, 5.74) is 0.593. The van der Waals surface area contributed by atoms with Crippen LogP contribution in [-0.2, 0) is 6.42 Å². The van der Waals surface area contributed by atoms with E-state index in [1.807, 2.05) is 0 Å². The number of carbonyl (C=O) groups excluding carboxylic acids is 1. The number of Topliss-reactive ketones (excluding diaryl/α,β-unsaturated/α-hetero) is 1. The monoisotopic (exact) mass is 271 g/mol. The molecule has 0 spiro atoms. The van der Waals surface area contributed by atoms with E-state index in [1.165, 1.54) is 13.2 Å². The molecule has 18 heavy (non-hydrogen) atoms. The smallest absolute Gasteiger partial charge is 0.224 e. The van der Waals surface area contributed by atoms with Gasteiger partial charge in [0.1, 0.15) is 5.69 Å². The Balaban J connectivity index is 2.73. The first kappa shape index (κ1) is 13.1. The molecule has 0 aromatic carbocycles. The average Bonchev–Trinajstić information content (AvgIpc) is 2.78. The third kappa shape index (κ3) is 1.93. The average molecular weight is 272 g/mol. The fourth-order valence-corrected chi connectivity index (χ4v) is 2.53. The second kappa shape index (κ2) is 5.12. The molecule has 1 unspecified atom stereocenters. The molecule has 2 rings (SSSR count). The predicted molar refractivity (Wildman–Crippen MR) is 66.7 cm³/mol. The van der Waals surface area contributed by atoms with E-state index in [0.29, 0.717) is 12.8 Å². The van der Waals surface area contributed by atoms with E-state index >= 15 is 0 Å². The lowest BCUT2D eigenvalue weighted by atomic mass is 10.2. The number of carbonyl (C=O) groups is 1. The van der Waals surface area contributed by atoms with Crippen molar-refractivity contribution in [2.75, 3.05) is 19.6 Å². The van der Waals surface area contributed by atoms with E-state index in [1.54, 1.807) is 4.57 Å². The van der Waals surface area contributed by atoms with Crippen LogP contribution < -0.4 is 10.2 Å². The highest BCUT2D eigenvalue weighted by Gasteiger charge is 2.29. The standard InChI is InChI=1S/C12H14ClNO4/c1-18-12-9(16)4-7-2-3-8(6-15)14(7)11(12)10(17)5-13/h4,8,15H,2-3,5-6H2,1H3. The summed E-state index contributed by atoms with van der Waals surface area (Å²) in [5.74, 6) is -0.588. The first-order valence-electron chi connectivity index (χ1n) is 5.66. The number of hydrogen-bond donors (Lipinski definition) is 1. The second-order valence-electron chi connectivity index (χ2n) is 4.18. The summed E-state index contributed by atoms with van der Waals surface area (Å²) < 4.78 is 6.71. The number of halogens is 1. The number of rotatable bonds is 4. The maximum Gasteiger partial charge on any atom is 0.224 e. The Bertz CT molecular complexity index is 538. The van der Waals surface area contributed by atoms with E-state index in [0.717, 1.165) is 5.69 Å². The first-order chi connectivity index (χ1) is 8.63. The van der Waals surface area contributed by atoms with Gasteiger partial charge in [-0.3, -0.25) is 9.59 Å². The minimum absolute atomic E-state index is 0.00440. The van der Waals surface area contributed by atoms with Crippen LogP contribution in [0.25, 0.3) is 0 Å². The molecule has 1 N–H and O–H groups in total. The minimum Gasteiger partial charge on any atom is -0.491 e. The maximum atomic E-state index is 11.9. The number of aromatic nitrogens is 1. The highest BCUT2D eigenvalue weighted by atomic mass is 35.5. The van der Waals surface area contributed by atoms with Crippen molar-refractivity contribution < 1.29 is 14.6 Å². The molecule has 0 saturated heterocycles. The Morgan fingerprint density at radius 3 is 2.94 bits per heavy atom. The summed E-state index contributed by atoms with van der Waals surface area (Å²) in [5, 5.41) is 9.34. The van der Waals surface area contributed by atoms with Gasteiger partial charge in [-0.15, -0.1) is 11.6 Å².